The van der Waals surface area contributed by atoms with Gasteiger partial charge in [0.15, 0.2) is 0 Å². The Bertz CT molecular complexity index is 510. The third-order valence-corrected chi connectivity index (χ3v) is 5.37. The summed E-state index contributed by atoms with van der Waals surface area (Å²) in [6, 6.07) is 5.68. The van der Waals surface area contributed by atoms with E-state index in [9.17, 15) is 13.5 Å². The molecule has 19 heavy (non-hydrogen) atoms. The zero-order chi connectivity index (χ0) is 13.9. The van der Waals surface area contributed by atoms with Crippen molar-refractivity contribution in [3.05, 3.63) is 24.3 Å². The number of benzene rings is 1. The Morgan fingerprint density at radius 2 is 1.95 bits per heavy atom. The van der Waals surface area contributed by atoms with E-state index < -0.39 is 10.0 Å². The van der Waals surface area contributed by atoms with Crippen molar-refractivity contribution in [1.29, 1.82) is 0 Å². The average Bonchev–Trinajstić information content (AvgIpc) is 2.39. The van der Waals surface area contributed by atoms with Crippen molar-refractivity contribution in [2.24, 2.45) is 5.92 Å². The fourth-order valence-corrected chi connectivity index (χ4v) is 3.96. The van der Waals surface area contributed by atoms with Crippen LogP contribution in [0.25, 0.3) is 0 Å². The Balaban J connectivity index is 2.06. The van der Waals surface area contributed by atoms with Crippen molar-refractivity contribution in [3.8, 4) is 5.75 Å². The van der Waals surface area contributed by atoms with Crippen LogP contribution in [0.15, 0.2) is 29.2 Å². The van der Waals surface area contributed by atoms with Crippen LogP contribution in [0.2, 0.25) is 0 Å². The van der Waals surface area contributed by atoms with Crippen LogP contribution in [-0.2, 0) is 10.0 Å². The van der Waals surface area contributed by atoms with Crippen LogP contribution in [0.1, 0.15) is 39.0 Å². The van der Waals surface area contributed by atoms with E-state index >= 15 is 0 Å². The number of phenolic OH excluding ortho intramolecular Hbond substituents is 1. The summed E-state index contributed by atoms with van der Waals surface area (Å²) in [4.78, 5) is 0.212. The Labute approximate surface area is 114 Å². The Morgan fingerprint density at radius 1 is 1.26 bits per heavy atom. The maximum atomic E-state index is 12.2. The molecule has 1 fully saturated rings. The normalized spacial score (nSPS) is 24.3. The molecule has 1 saturated carbocycles. The van der Waals surface area contributed by atoms with Gasteiger partial charge in [-0.1, -0.05) is 26.2 Å². The molecule has 0 heterocycles. The molecule has 1 aromatic carbocycles. The SMILES string of the molecule is CCC1CCCC(NS(=O)(=O)c2ccc(O)cc2)C1. The average molecular weight is 283 g/mol. The second kappa shape index (κ2) is 5.92. The number of phenols is 1. The largest absolute Gasteiger partial charge is 0.508 e. The van der Waals surface area contributed by atoms with Crippen molar-refractivity contribution < 1.29 is 13.5 Å². The highest BCUT2D eigenvalue weighted by Crippen LogP contribution is 2.27. The van der Waals surface area contributed by atoms with E-state index in [1.165, 1.54) is 30.7 Å². The third-order valence-electron chi connectivity index (χ3n) is 3.83. The molecule has 2 rings (SSSR count). The molecule has 2 atom stereocenters. The first kappa shape index (κ1) is 14.3. The predicted octanol–water partition coefficient (Wildman–Crippen LogP) is 2.64. The molecular formula is C14H21NO3S. The summed E-state index contributed by atoms with van der Waals surface area (Å²) in [6.07, 6.45) is 5.23. The van der Waals surface area contributed by atoms with Gasteiger partial charge in [-0.2, -0.15) is 0 Å². The molecule has 0 amide bonds. The maximum absolute atomic E-state index is 12.2. The van der Waals surface area contributed by atoms with E-state index in [-0.39, 0.29) is 16.7 Å². The maximum Gasteiger partial charge on any atom is 0.240 e. The first-order valence-corrected chi connectivity index (χ1v) is 8.31. The van der Waals surface area contributed by atoms with Gasteiger partial charge in [0.1, 0.15) is 5.75 Å². The molecular weight excluding hydrogens is 262 g/mol. The lowest BCUT2D eigenvalue weighted by Crippen LogP contribution is -2.38. The van der Waals surface area contributed by atoms with Gasteiger partial charge in [0.05, 0.1) is 4.90 Å². The molecule has 1 aliphatic rings. The molecule has 2 N–H and O–H groups in total. The molecule has 1 aromatic rings. The standard InChI is InChI=1S/C14H21NO3S/c1-2-11-4-3-5-12(10-11)15-19(17,18)14-8-6-13(16)7-9-14/h6-9,11-12,15-16H,2-5,10H2,1H3. The lowest BCUT2D eigenvalue weighted by Gasteiger charge is -2.28. The highest BCUT2D eigenvalue weighted by atomic mass is 32.2. The number of nitrogens with one attached hydrogen (secondary N) is 1. The van der Waals surface area contributed by atoms with Crippen molar-refractivity contribution in [3.63, 3.8) is 0 Å². The number of aromatic hydroxyl groups is 1. The summed E-state index contributed by atoms with van der Waals surface area (Å²) in [6.45, 7) is 2.15. The second-order valence-electron chi connectivity index (χ2n) is 5.25. The van der Waals surface area contributed by atoms with Gasteiger partial charge in [-0.3, -0.25) is 0 Å². The fourth-order valence-electron chi connectivity index (χ4n) is 2.68. The van der Waals surface area contributed by atoms with Crippen LogP contribution in [0.4, 0.5) is 0 Å². The van der Waals surface area contributed by atoms with E-state index in [0.29, 0.717) is 5.92 Å². The van der Waals surface area contributed by atoms with Gasteiger partial charge >= 0.3 is 0 Å². The number of sulfonamides is 1. The number of rotatable bonds is 4. The molecule has 2 unspecified atom stereocenters. The molecule has 0 aliphatic heterocycles. The monoisotopic (exact) mass is 283 g/mol. The minimum Gasteiger partial charge on any atom is -0.508 e. The van der Waals surface area contributed by atoms with Crippen LogP contribution < -0.4 is 4.72 Å². The first-order valence-electron chi connectivity index (χ1n) is 6.82. The number of hydrogen-bond acceptors (Lipinski definition) is 3. The molecule has 4 nitrogen and oxygen atoms in total. The first-order chi connectivity index (χ1) is 9.01. The highest BCUT2D eigenvalue weighted by molar-refractivity contribution is 7.89. The van der Waals surface area contributed by atoms with Crippen molar-refractivity contribution in [2.75, 3.05) is 0 Å². The molecule has 1 aliphatic carbocycles. The van der Waals surface area contributed by atoms with E-state index in [1.54, 1.807) is 0 Å². The smallest absolute Gasteiger partial charge is 0.240 e. The quantitative estimate of drug-likeness (QED) is 0.892. The van der Waals surface area contributed by atoms with Crippen LogP contribution >= 0.6 is 0 Å². The summed E-state index contributed by atoms with van der Waals surface area (Å²) < 4.78 is 27.2. The van der Waals surface area contributed by atoms with Crippen LogP contribution in [-0.4, -0.2) is 19.6 Å². The van der Waals surface area contributed by atoms with Crippen LogP contribution in [0, 0.1) is 5.92 Å². The van der Waals surface area contributed by atoms with Gasteiger partial charge in [0.2, 0.25) is 10.0 Å². The second-order valence-corrected chi connectivity index (χ2v) is 6.97. The van der Waals surface area contributed by atoms with E-state index in [2.05, 4.69) is 11.6 Å². The van der Waals surface area contributed by atoms with E-state index in [4.69, 9.17) is 0 Å². The molecule has 0 aromatic heterocycles. The minimum absolute atomic E-state index is 0.0394. The molecule has 0 spiro atoms. The molecule has 0 bridgehead atoms. The van der Waals surface area contributed by atoms with Gasteiger partial charge in [0, 0.05) is 6.04 Å². The zero-order valence-electron chi connectivity index (χ0n) is 11.2. The summed E-state index contributed by atoms with van der Waals surface area (Å²) in [7, 11) is -3.47. The van der Waals surface area contributed by atoms with Gasteiger partial charge in [-0.05, 0) is 43.0 Å². The summed E-state index contributed by atoms with van der Waals surface area (Å²) in [5, 5.41) is 9.20. The summed E-state index contributed by atoms with van der Waals surface area (Å²) in [5.74, 6) is 0.698. The Kier molecular flexibility index (Phi) is 4.47. The van der Waals surface area contributed by atoms with Crippen molar-refractivity contribution in [1.82, 2.24) is 4.72 Å². The van der Waals surface area contributed by atoms with E-state index in [1.807, 2.05) is 0 Å². The summed E-state index contributed by atoms with van der Waals surface area (Å²) in [5.41, 5.74) is 0. The van der Waals surface area contributed by atoms with Crippen molar-refractivity contribution >= 4 is 10.0 Å². The predicted molar refractivity (Wildman–Crippen MR) is 74.5 cm³/mol. The molecule has 0 radical (unpaired) electrons. The van der Waals surface area contributed by atoms with Crippen LogP contribution in [0.5, 0.6) is 5.75 Å². The molecule has 0 saturated heterocycles. The van der Waals surface area contributed by atoms with Gasteiger partial charge in [-0.15, -0.1) is 0 Å². The Morgan fingerprint density at radius 3 is 2.58 bits per heavy atom. The lowest BCUT2D eigenvalue weighted by atomic mass is 9.85. The van der Waals surface area contributed by atoms with Crippen LogP contribution in [0.3, 0.4) is 0 Å². The van der Waals surface area contributed by atoms with Gasteiger partial charge in [-0.25, -0.2) is 13.1 Å². The van der Waals surface area contributed by atoms with Crippen molar-refractivity contribution in [2.45, 2.75) is 50.0 Å². The minimum atomic E-state index is -3.47. The topological polar surface area (TPSA) is 66.4 Å². The van der Waals surface area contributed by atoms with Gasteiger partial charge in [0.25, 0.3) is 0 Å². The molecule has 5 heteroatoms. The lowest BCUT2D eigenvalue weighted by molar-refractivity contribution is 0.301. The fraction of sp³-hybridized carbons (Fsp3) is 0.571. The number of hydrogen-bond donors (Lipinski definition) is 2. The third kappa shape index (κ3) is 3.70. The highest BCUT2D eigenvalue weighted by Gasteiger charge is 2.25. The zero-order valence-corrected chi connectivity index (χ0v) is 12.0. The van der Waals surface area contributed by atoms with E-state index in [0.717, 1.165) is 25.7 Å². The van der Waals surface area contributed by atoms with Gasteiger partial charge < -0.3 is 5.11 Å². The summed E-state index contributed by atoms with van der Waals surface area (Å²) >= 11 is 0. The molecule has 106 valence electrons. The Hall–Kier alpha value is -1.07.